The normalized spacial score (nSPS) is 10.9. The topological polar surface area (TPSA) is 98.2 Å². The van der Waals surface area contributed by atoms with E-state index in [1.165, 1.54) is 12.1 Å². The Bertz CT molecular complexity index is 1160. The Morgan fingerprint density at radius 2 is 1.43 bits per heavy atom. The zero-order chi connectivity index (χ0) is 21.6. The van der Waals surface area contributed by atoms with E-state index in [0.717, 1.165) is 5.69 Å². The average Bonchev–Trinajstić information content (AvgIpc) is 3.20. The molecule has 0 amide bonds. The summed E-state index contributed by atoms with van der Waals surface area (Å²) in [6, 6.07) is 25.2. The molecule has 0 bridgehead atoms. The Morgan fingerprint density at radius 3 is 1.90 bits per heavy atom. The third-order valence-electron chi connectivity index (χ3n) is 4.13. The maximum Gasteiger partial charge on any atom is 0.238 e. The van der Waals surface area contributed by atoms with Crippen molar-refractivity contribution in [1.29, 1.82) is 0 Å². The van der Waals surface area contributed by atoms with Gasteiger partial charge in [0.15, 0.2) is 0 Å². The zero-order valence-electron chi connectivity index (χ0n) is 15.9. The minimum atomic E-state index is -3.75. The molecule has 0 aliphatic rings. The second kappa shape index (κ2) is 9.69. The number of rotatable bonds is 4. The summed E-state index contributed by atoms with van der Waals surface area (Å²) in [6.45, 7) is -0.206. The fraction of sp³-hybridized carbons (Fsp3) is 0.0455. The minimum absolute atomic E-state index is 0.0261. The van der Waals surface area contributed by atoms with Crippen molar-refractivity contribution in [2.24, 2.45) is 5.14 Å². The van der Waals surface area contributed by atoms with Gasteiger partial charge in [0.2, 0.25) is 10.0 Å². The van der Waals surface area contributed by atoms with Crippen molar-refractivity contribution in [3.05, 3.63) is 102 Å². The molecule has 0 spiro atoms. The lowest BCUT2D eigenvalue weighted by atomic mass is 10.2. The molecular weight excluding hydrogens is 422 g/mol. The van der Waals surface area contributed by atoms with Gasteiger partial charge < -0.3 is 5.11 Å². The van der Waals surface area contributed by atoms with E-state index in [4.69, 9.17) is 16.7 Å². The first-order valence-electron chi connectivity index (χ1n) is 8.97. The van der Waals surface area contributed by atoms with Gasteiger partial charge in [0.05, 0.1) is 17.2 Å². The smallest absolute Gasteiger partial charge is 0.238 e. The average molecular weight is 442 g/mol. The number of hydrogen-bond donors (Lipinski definition) is 2. The number of aliphatic hydroxyl groups excluding tert-OH is 1. The molecule has 0 radical (unpaired) electrons. The van der Waals surface area contributed by atoms with E-state index in [-0.39, 0.29) is 11.5 Å². The Kier molecular flexibility index (Phi) is 7.02. The number of benzene rings is 3. The molecule has 0 unspecified atom stereocenters. The Morgan fingerprint density at radius 1 is 0.900 bits per heavy atom. The van der Waals surface area contributed by atoms with E-state index in [0.29, 0.717) is 22.1 Å². The van der Waals surface area contributed by atoms with Crippen molar-refractivity contribution in [3.8, 4) is 17.1 Å². The summed E-state index contributed by atoms with van der Waals surface area (Å²) in [6.07, 6.45) is 1.71. The van der Waals surface area contributed by atoms with Crippen LogP contribution in [0.3, 0.4) is 0 Å². The molecule has 3 N–H and O–H groups in total. The number of primary sulfonamides is 1. The Labute approximate surface area is 180 Å². The maximum atomic E-state index is 11.4. The minimum Gasteiger partial charge on any atom is -0.390 e. The summed E-state index contributed by atoms with van der Waals surface area (Å²) in [5.74, 6) is 0.572. The molecule has 0 saturated heterocycles. The second-order valence-electron chi connectivity index (χ2n) is 6.28. The first-order valence-corrected chi connectivity index (χ1v) is 10.9. The van der Waals surface area contributed by atoms with E-state index < -0.39 is 10.0 Å². The molecule has 8 heteroatoms. The molecule has 0 atom stereocenters. The number of imidazole rings is 1. The summed E-state index contributed by atoms with van der Waals surface area (Å²) in [5.41, 5.74) is 2.00. The molecule has 0 aliphatic heterocycles. The van der Waals surface area contributed by atoms with E-state index >= 15 is 0 Å². The molecule has 0 saturated carbocycles. The van der Waals surface area contributed by atoms with Crippen LogP contribution in [0.2, 0.25) is 5.02 Å². The van der Waals surface area contributed by atoms with Crippen LogP contribution in [0.25, 0.3) is 17.1 Å². The van der Waals surface area contributed by atoms with Crippen molar-refractivity contribution in [1.82, 2.24) is 9.55 Å². The molecule has 3 aromatic carbocycles. The van der Waals surface area contributed by atoms with Crippen LogP contribution in [0.5, 0.6) is 0 Å². The third-order valence-corrected chi connectivity index (χ3v) is 5.31. The zero-order valence-corrected chi connectivity index (χ0v) is 17.5. The third kappa shape index (κ3) is 5.55. The Hall–Kier alpha value is -2.97. The molecule has 1 aromatic heterocycles. The van der Waals surface area contributed by atoms with Gasteiger partial charge in [0.1, 0.15) is 5.82 Å². The van der Waals surface area contributed by atoms with Gasteiger partial charge in [0, 0.05) is 22.5 Å². The largest absolute Gasteiger partial charge is 0.390 e. The highest BCUT2D eigenvalue weighted by Crippen LogP contribution is 2.25. The number of aromatic nitrogens is 2. The molecule has 4 rings (SSSR count). The molecule has 154 valence electrons. The first-order chi connectivity index (χ1) is 14.4. The number of sulfonamides is 1. The van der Waals surface area contributed by atoms with Gasteiger partial charge in [-0.3, -0.25) is 4.57 Å². The van der Waals surface area contributed by atoms with Crippen LogP contribution in [0.1, 0.15) is 5.69 Å². The van der Waals surface area contributed by atoms with Crippen molar-refractivity contribution < 1.29 is 13.5 Å². The van der Waals surface area contributed by atoms with Gasteiger partial charge in [-0.05, 0) is 48.5 Å². The summed E-state index contributed by atoms with van der Waals surface area (Å²) < 4.78 is 24.5. The molecule has 30 heavy (non-hydrogen) atoms. The van der Waals surface area contributed by atoms with E-state index in [1.54, 1.807) is 35.0 Å². The number of nitrogens with zero attached hydrogens (tertiary/aromatic N) is 2. The summed E-state index contributed by atoms with van der Waals surface area (Å²) in [7, 11) is -3.75. The fourth-order valence-corrected chi connectivity index (χ4v) is 3.33. The van der Waals surface area contributed by atoms with Crippen LogP contribution in [-0.4, -0.2) is 23.1 Å². The number of halogens is 1. The number of aliphatic hydroxyl groups is 1. The highest BCUT2D eigenvalue weighted by molar-refractivity contribution is 7.89. The highest BCUT2D eigenvalue weighted by atomic mass is 35.5. The van der Waals surface area contributed by atoms with Crippen LogP contribution in [0, 0.1) is 0 Å². The molecular formula is C22H20ClN3O3S. The lowest BCUT2D eigenvalue weighted by molar-refractivity contribution is 0.277. The van der Waals surface area contributed by atoms with E-state index in [2.05, 4.69) is 4.98 Å². The number of nitrogens with two attached hydrogens (primary N) is 1. The van der Waals surface area contributed by atoms with Crippen LogP contribution in [0.15, 0.2) is 96.0 Å². The van der Waals surface area contributed by atoms with Crippen LogP contribution in [0.4, 0.5) is 0 Å². The standard InChI is InChI=1S/C16H14ClN3O3S.C6H6/c17-12-3-5-14(6-4-12)20-9-13(10-21)19-16(20)11-1-7-15(8-2-11)24(18,22)23;1-2-4-6-5-3-1/h1-9,21H,10H2,(H2,18,22,23);1-6H. The van der Waals surface area contributed by atoms with Gasteiger partial charge in [-0.2, -0.15) is 0 Å². The van der Waals surface area contributed by atoms with Gasteiger partial charge >= 0.3 is 0 Å². The SMILES string of the molecule is NS(=O)(=O)c1ccc(-c2nc(CO)cn2-c2ccc(Cl)cc2)cc1.c1ccccc1. The van der Waals surface area contributed by atoms with Crippen molar-refractivity contribution in [3.63, 3.8) is 0 Å². The van der Waals surface area contributed by atoms with Crippen LogP contribution in [-0.2, 0) is 16.6 Å². The predicted molar refractivity (Wildman–Crippen MR) is 118 cm³/mol. The fourth-order valence-electron chi connectivity index (χ4n) is 2.69. The quantitative estimate of drug-likeness (QED) is 0.499. The monoisotopic (exact) mass is 441 g/mol. The van der Waals surface area contributed by atoms with Gasteiger partial charge in [0.25, 0.3) is 0 Å². The van der Waals surface area contributed by atoms with Crippen LogP contribution >= 0.6 is 11.6 Å². The molecule has 0 fully saturated rings. The maximum absolute atomic E-state index is 11.4. The summed E-state index contributed by atoms with van der Waals surface area (Å²) in [5, 5.41) is 15.1. The number of hydrogen-bond acceptors (Lipinski definition) is 4. The van der Waals surface area contributed by atoms with E-state index in [1.807, 2.05) is 48.5 Å². The molecule has 4 aromatic rings. The predicted octanol–water partition coefficient (Wildman–Crippen LogP) is 4.02. The van der Waals surface area contributed by atoms with Gasteiger partial charge in [-0.15, -0.1) is 0 Å². The highest BCUT2D eigenvalue weighted by Gasteiger charge is 2.13. The van der Waals surface area contributed by atoms with Crippen molar-refractivity contribution in [2.75, 3.05) is 0 Å². The lowest BCUT2D eigenvalue weighted by Crippen LogP contribution is -2.11. The van der Waals surface area contributed by atoms with Gasteiger partial charge in [-0.1, -0.05) is 48.0 Å². The molecule has 6 nitrogen and oxygen atoms in total. The van der Waals surface area contributed by atoms with Crippen molar-refractivity contribution >= 4 is 21.6 Å². The molecule has 0 aliphatic carbocycles. The summed E-state index contributed by atoms with van der Waals surface area (Å²) >= 11 is 5.91. The first kappa shape index (κ1) is 21.7. The Balaban J connectivity index is 0.000000367. The summed E-state index contributed by atoms with van der Waals surface area (Å²) in [4.78, 5) is 4.42. The second-order valence-corrected chi connectivity index (χ2v) is 8.28. The van der Waals surface area contributed by atoms with E-state index in [9.17, 15) is 13.5 Å². The van der Waals surface area contributed by atoms with Crippen molar-refractivity contribution in [2.45, 2.75) is 11.5 Å². The molecule has 1 heterocycles. The lowest BCUT2D eigenvalue weighted by Gasteiger charge is -2.08. The van der Waals surface area contributed by atoms with Crippen LogP contribution < -0.4 is 5.14 Å². The van der Waals surface area contributed by atoms with Gasteiger partial charge in [-0.25, -0.2) is 18.5 Å².